The van der Waals surface area contributed by atoms with Crippen LogP contribution in [-0.4, -0.2) is 17.3 Å². The quantitative estimate of drug-likeness (QED) is 0.735. The Bertz CT molecular complexity index is 237. The van der Waals surface area contributed by atoms with Crippen molar-refractivity contribution < 1.29 is 9.84 Å². The molecule has 0 unspecified atom stereocenters. The number of aliphatic hydroxyl groups is 1. The molecule has 0 spiro atoms. The fraction of sp³-hybridized carbons (Fsp3) is 0.833. The largest absolute Gasteiger partial charge is 0.495 e. The van der Waals surface area contributed by atoms with Crippen molar-refractivity contribution in [3.63, 3.8) is 0 Å². The predicted octanol–water partition coefficient (Wildman–Crippen LogP) is 2.48. The third-order valence-corrected chi connectivity index (χ3v) is 3.54. The predicted molar refractivity (Wildman–Crippen MR) is 55.8 cm³/mol. The molecule has 2 aliphatic rings. The summed E-state index contributed by atoms with van der Waals surface area (Å²) in [6, 6.07) is 0. The second-order valence-electron chi connectivity index (χ2n) is 5.00. The normalized spacial score (nSPS) is 37.4. The molecule has 0 radical (unpaired) electrons. The molecular weight excluding hydrogens is 176 g/mol. The van der Waals surface area contributed by atoms with Gasteiger partial charge in [0.15, 0.2) is 0 Å². The van der Waals surface area contributed by atoms with E-state index in [4.69, 9.17) is 4.74 Å². The van der Waals surface area contributed by atoms with Gasteiger partial charge in [0.1, 0.15) is 11.4 Å². The van der Waals surface area contributed by atoms with Crippen LogP contribution >= 0.6 is 0 Å². The van der Waals surface area contributed by atoms with E-state index in [1.807, 2.05) is 0 Å². The molecule has 2 heteroatoms. The molecule has 1 aliphatic carbocycles. The summed E-state index contributed by atoms with van der Waals surface area (Å²) < 4.78 is 5.52. The maximum atomic E-state index is 10.3. The molecule has 0 aromatic rings. The van der Waals surface area contributed by atoms with Crippen LogP contribution in [0.3, 0.4) is 0 Å². The lowest BCUT2D eigenvalue weighted by molar-refractivity contribution is -0.0957. The fourth-order valence-electron chi connectivity index (χ4n) is 2.36. The van der Waals surface area contributed by atoms with Gasteiger partial charge >= 0.3 is 0 Å². The van der Waals surface area contributed by atoms with Gasteiger partial charge in [-0.3, -0.25) is 0 Å². The molecule has 1 fully saturated rings. The van der Waals surface area contributed by atoms with E-state index in [1.165, 1.54) is 0 Å². The standard InChI is InChI=1S/C12H20O2/c1-9(2)10-7-12(13,8-10)11-5-3-4-6-14-11/h5,9-10,13H,3-4,6-8H2,1-2H3. The van der Waals surface area contributed by atoms with Crippen LogP contribution in [0.5, 0.6) is 0 Å². The molecule has 1 saturated carbocycles. The van der Waals surface area contributed by atoms with Gasteiger partial charge in [0, 0.05) is 0 Å². The molecule has 0 amide bonds. The van der Waals surface area contributed by atoms with Gasteiger partial charge in [-0.1, -0.05) is 13.8 Å². The van der Waals surface area contributed by atoms with Crippen molar-refractivity contribution in [2.75, 3.05) is 6.61 Å². The summed E-state index contributed by atoms with van der Waals surface area (Å²) in [5, 5.41) is 10.3. The number of hydrogen-bond acceptors (Lipinski definition) is 2. The Kier molecular flexibility index (Phi) is 2.56. The summed E-state index contributed by atoms with van der Waals surface area (Å²) >= 11 is 0. The van der Waals surface area contributed by atoms with Crippen LogP contribution in [0.15, 0.2) is 11.8 Å². The SMILES string of the molecule is CC(C)C1CC(O)(C2=CCCCO2)C1. The third kappa shape index (κ3) is 1.68. The van der Waals surface area contributed by atoms with E-state index in [0.717, 1.165) is 38.0 Å². The van der Waals surface area contributed by atoms with Crippen LogP contribution < -0.4 is 0 Å². The molecule has 1 heterocycles. The van der Waals surface area contributed by atoms with Crippen molar-refractivity contribution in [3.8, 4) is 0 Å². The van der Waals surface area contributed by atoms with E-state index in [0.29, 0.717) is 11.8 Å². The lowest BCUT2D eigenvalue weighted by atomic mass is 9.65. The smallest absolute Gasteiger partial charge is 0.124 e. The summed E-state index contributed by atoms with van der Waals surface area (Å²) in [7, 11) is 0. The Hall–Kier alpha value is -0.500. The number of hydrogen-bond donors (Lipinski definition) is 1. The summed E-state index contributed by atoms with van der Waals surface area (Å²) in [6.07, 6.45) is 5.99. The van der Waals surface area contributed by atoms with Crippen LogP contribution in [0.2, 0.25) is 0 Å². The van der Waals surface area contributed by atoms with E-state index < -0.39 is 5.60 Å². The van der Waals surface area contributed by atoms with E-state index in [9.17, 15) is 5.11 Å². The van der Waals surface area contributed by atoms with Gasteiger partial charge in [-0.25, -0.2) is 0 Å². The van der Waals surface area contributed by atoms with E-state index >= 15 is 0 Å². The van der Waals surface area contributed by atoms with Crippen molar-refractivity contribution in [3.05, 3.63) is 11.8 Å². The molecule has 0 aromatic carbocycles. The highest BCUT2D eigenvalue weighted by Gasteiger charge is 2.47. The minimum absolute atomic E-state index is 0.616. The maximum absolute atomic E-state index is 10.3. The van der Waals surface area contributed by atoms with E-state index in [-0.39, 0.29) is 0 Å². The van der Waals surface area contributed by atoms with Gasteiger partial charge in [0.2, 0.25) is 0 Å². The van der Waals surface area contributed by atoms with Crippen LogP contribution in [0.1, 0.15) is 39.5 Å². The second kappa shape index (κ2) is 3.58. The summed E-state index contributed by atoms with van der Waals surface area (Å²) in [5.41, 5.74) is -0.616. The van der Waals surface area contributed by atoms with Crippen molar-refractivity contribution >= 4 is 0 Å². The van der Waals surface area contributed by atoms with Crippen LogP contribution in [0.4, 0.5) is 0 Å². The topological polar surface area (TPSA) is 29.5 Å². The number of rotatable bonds is 2. The summed E-state index contributed by atoms with van der Waals surface area (Å²) in [4.78, 5) is 0. The maximum Gasteiger partial charge on any atom is 0.124 e. The Labute approximate surface area is 86.0 Å². The molecular formula is C12H20O2. The second-order valence-corrected chi connectivity index (χ2v) is 5.00. The Morgan fingerprint density at radius 2 is 2.21 bits per heavy atom. The first kappa shape index (κ1) is 10.0. The Morgan fingerprint density at radius 3 is 2.71 bits per heavy atom. The highest BCUT2D eigenvalue weighted by Crippen LogP contribution is 2.47. The minimum atomic E-state index is -0.616. The highest BCUT2D eigenvalue weighted by molar-refractivity contribution is 5.17. The van der Waals surface area contributed by atoms with Crippen molar-refractivity contribution in [2.45, 2.75) is 45.1 Å². The van der Waals surface area contributed by atoms with Crippen LogP contribution in [0, 0.1) is 11.8 Å². The lowest BCUT2D eigenvalue weighted by Crippen LogP contribution is -2.48. The van der Waals surface area contributed by atoms with Crippen molar-refractivity contribution in [1.29, 1.82) is 0 Å². The zero-order chi connectivity index (χ0) is 10.2. The van der Waals surface area contributed by atoms with Gasteiger partial charge in [-0.05, 0) is 43.6 Å². The first-order chi connectivity index (χ1) is 6.62. The van der Waals surface area contributed by atoms with Gasteiger partial charge in [-0.2, -0.15) is 0 Å². The number of ether oxygens (including phenoxy) is 1. The van der Waals surface area contributed by atoms with Gasteiger partial charge in [0.25, 0.3) is 0 Å². The van der Waals surface area contributed by atoms with E-state index in [2.05, 4.69) is 19.9 Å². The molecule has 80 valence electrons. The number of allylic oxidation sites excluding steroid dienone is 1. The van der Waals surface area contributed by atoms with Gasteiger partial charge in [0.05, 0.1) is 6.61 Å². The van der Waals surface area contributed by atoms with Crippen LogP contribution in [-0.2, 0) is 4.74 Å². The highest BCUT2D eigenvalue weighted by atomic mass is 16.5. The average Bonchev–Trinajstić information content (AvgIpc) is 2.14. The molecule has 2 nitrogen and oxygen atoms in total. The first-order valence-corrected chi connectivity index (χ1v) is 5.67. The Balaban J connectivity index is 1.96. The fourth-order valence-corrected chi connectivity index (χ4v) is 2.36. The van der Waals surface area contributed by atoms with Crippen molar-refractivity contribution in [1.82, 2.24) is 0 Å². The zero-order valence-electron chi connectivity index (χ0n) is 9.12. The molecule has 1 N–H and O–H groups in total. The van der Waals surface area contributed by atoms with Crippen LogP contribution in [0.25, 0.3) is 0 Å². The molecule has 2 rings (SSSR count). The van der Waals surface area contributed by atoms with Gasteiger partial charge in [-0.15, -0.1) is 0 Å². The molecule has 0 bridgehead atoms. The molecule has 0 saturated heterocycles. The lowest BCUT2D eigenvalue weighted by Gasteiger charge is -2.47. The monoisotopic (exact) mass is 196 g/mol. The average molecular weight is 196 g/mol. The molecule has 0 aromatic heterocycles. The summed E-state index contributed by atoms with van der Waals surface area (Å²) in [5.74, 6) is 2.20. The molecule has 0 atom stereocenters. The van der Waals surface area contributed by atoms with Crippen molar-refractivity contribution in [2.24, 2.45) is 11.8 Å². The first-order valence-electron chi connectivity index (χ1n) is 5.67. The third-order valence-electron chi connectivity index (χ3n) is 3.54. The summed E-state index contributed by atoms with van der Waals surface area (Å²) in [6.45, 7) is 5.22. The molecule has 14 heavy (non-hydrogen) atoms. The molecule has 1 aliphatic heterocycles. The zero-order valence-corrected chi connectivity index (χ0v) is 9.12. The van der Waals surface area contributed by atoms with Gasteiger partial charge < -0.3 is 9.84 Å². The Morgan fingerprint density at radius 1 is 1.50 bits per heavy atom. The van der Waals surface area contributed by atoms with E-state index in [1.54, 1.807) is 0 Å². The minimum Gasteiger partial charge on any atom is -0.495 e.